The summed E-state index contributed by atoms with van der Waals surface area (Å²) in [6.07, 6.45) is 2.42. The lowest BCUT2D eigenvalue weighted by Gasteiger charge is -2.29. The predicted octanol–water partition coefficient (Wildman–Crippen LogP) is 5.95. The number of amides is 4. The zero-order valence-corrected chi connectivity index (χ0v) is 27.6. The Bertz CT molecular complexity index is 1520. The number of imide groups is 2. The van der Waals surface area contributed by atoms with E-state index in [0.717, 1.165) is 39.3 Å². The molecule has 2 aromatic carbocycles. The topological polar surface area (TPSA) is 93.2 Å². The first-order valence-electron chi connectivity index (χ1n) is 16.2. The molecule has 1 aliphatic carbocycles. The predicted molar refractivity (Wildman–Crippen MR) is 172 cm³/mol. The van der Waals surface area contributed by atoms with Crippen LogP contribution in [-0.4, -0.2) is 59.7 Å². The lowest BCUT2D eigenvalue weighted by atomic mass is 9.71. The van der Waals surface area contributed by atoms with E-state index in [0.29, 0.717) is 6.42 Å². The van der Waals surface area contributed by atoms with Gasteiger partial charge in [0, 0.05) is 6.42 Å². The Balaban J connectivity index is 1.20. The van der Waals surface area contributed by atoms with Gasteiger partial charge in [-0.05, 0) is 79.3 Å². The summed E-state index contributed by atoms with van der Waals surface area (Å²) in [5.41, 5.74) is 5.13. The van der Waals surface area contributed by atoms with Gasteiger partial charge in [-0.25, -0.2) is 0 Å². The van der Waals surface area contributed by atoms with Crippen LogP contribution in [0.1, 0.15) is 81.5 Å². The average molecular weight is 615 g/mol. The third-order valence-electron chi connectivity index (χ3n) is 9.53. The molecule has 4 atom stereocenters. The first-order chi connectivity index (χ1) is 21.4. The van der Waals surface area contributed by atoms with E-state index in [1.807, 2.05) is 45.0 Å². The van der Waals surface area contributed by atoms with Crippen molar-refractivity contribution in [3.8, 4) is 11.5 Å². The highest BCUT2D eigenvalue weighted by molar-refractivity contribution is 6.07. The maximum Gasteiger partial charge on any atom is 0.237 e. The van der Waals surface area contributed by atoms with Crippen LogP contribution in [0.2, 0.25) is 0 Å². The molecule has 0 radical (unpaired) electrons. The molecule has 0 spiro atoms. The number of rotatable bonds is 11. The second-order valence-corrected chi connectivity index (χ2v) is 13.5. The number of allylic oxidation sites excluding steroid dienone is 1. The Hall–Kier alpha value is -3.94. The monoisotopic (exact) mass is 614 g/mol. The van der Waals surface area contributed by atoms with E-state index < -0.39 is 17.8 Å². The highest BCUT2D eigenvalue weighted by Crippen LogP contribution is 2.45. The molecule has 8 heteroatoms. The fourth-order valence-electron chi connectivity index (χ4n) is 7.10. The largest absolute Gasteiger partial charge is 0.491 e. The molecule has 240 valence electrons. The van der Waals surface area contributed by atoms with Crippen molar-refractivity contribution in [3.05, 3.63) is 70.3 Å². The molecule has 8 nitrogen and oxygen atoms in total. The van der Waals surface area contributed by atoms with Crippen molar-refractivity contribution in [1.82, 2.24) is 9.80 Å². The van der Waals surface area contributed by atoms with Gasteiger partial charge in [0.15, 0.2) is 0 Å². The molecule has 5 rings (SSSR count). The van der Waals surface area contributed by atoms with Crippen molar-refractivity contribution in [3.63, 3.8) is 0 Å². The van der Waals surface area contributed by atoms with Gasteiger partial charge in [-0.2, -0.15) is 0 Å². The summed E-state index contributed by atoms with van der Waals surface area (Å²) in [7, 11) is 0. The first-order valence-corrected chi connectivity index (χ1v) is 16.2. The Kier molecular flexibility index (Phi) is 9.52. The summed E-state index contributed by atoms with van der Waals surface area (Å²) in [6, 6.07) is 12.2. The minimum Gasteiger partial charge on any atom is -0.491 e. The number of benzene rings is 2. The second kappa shape index (κ2) is 13.2. The van der Waals surface area contributed by atoms with Gasteiger partial charge >= 0.3 is 0 Å². The normalized spacial score (nSPS) is 23.4. The number of carbonyl (C=O) groups excluding carboxylic acids is 4. The van der Waals surface area contributed by atoms with Crippen molar-refractivity contribution in [2.24, 2.45) is 23.7 Å². The number of carbonyl (C=O) groups is 4. The summed E-state index contributed by atoms with van der Waals surface area (Å²) in [5, 5.41) is 0. The zero-order valence-electron chi connectivity index (χ0n) is 27.6. The molecule has 2 aromatic rings. The van der Waals surface area contributed by atoms with Crippen molar-refractivity contribution in [2.75, 3.05) is 26.3 Å². The molecular formula is C37H46N2O6. The van der Waals surface area contributed by atoms with Crippen molar-refractivity contribution in [1.29, 1.82) is 0 Å². The van der Waals surface area contributed by atoms with Gasteiger partial charge in [-0.3, -0.25) is 29.0 Å². The molecule has 0 N–H and O–H groups in total. The molecule has 0 saturated carbocycles. The standard InChI is InChI=1S/C37H46N2O6/c1-21(2)27-10-8-23(5)16-31(27)44-14-12-38-33(40)20-29(35(38)41)26-18-25(7)34-30(19-26)36(42)39(37(34)43)13-15-45-32-17-24(6)9-11-28(32)22(3)4/h8-11,16-18,21-22,26,29-30,34H,12-15,19-20H2,1-7H3. The molecule has 4 unspecified atom stereocenters. The van der Waals surface area contributed by atoms with Crippen LogP contribution in [-0.2, 0) is 19.2 Å². The summed E-state index contributed by atoms with van der Waals surface area (Å²) in [6.45, 7) is 15.0. The number of hydrogen-bond donors (Lipinski definition) is 0. The van der Waals surface area contributed by atoms with E-state index in [1.54, 1.807) is 0 Å². The Morgan fingerprint density at radius 3 is 1.76 bits per heavy atom. The number of fused-ring (bicyclic) bond motifs is 1. The van der Waals surface area contributed by atoms with Crippen LogP contribution in [0.5, 0.6) is 11.5 Å². The maximum absolute atomic E-state index is 13.6. The van der Waals surface area contributed by atoms with Gasteiger partial charge in [0.1, 0.15) is 24.7 Å². The minimum atomic E-state index is -0.547. The molecule has 2 saturated heterocycles. The van der Waals surface area contributed by atoms with Crippen LogP contribution < -0.4 is 9.47 Å². The quantitative estimate of drug-likeness (QED) is 0.229. The summed E-state index contributed by atoms with van der Waals surface area (Å²) >= 11 is 0. The van der Waals surface area contributed by atoms with E-state index >= 15 is 0 Å². The number of ether oxygens (including phenoxy) is 2. The first kappa shape index (κ1) is 32.5. The van der Waals surface area contributed by atoms with Crippen molar-refractivity contribution in [2.45, 2.75) is 73.1 Å². The van der Waals surface area contributed by atoms with Gasteiger partial charge in [-0.15, -0.1) is 0 Å². The minimum absolute atomic E-state index is 0.0979. The number of likely N-dealkylation sites (tertiary alicyclic amines) is 2. The van der Waals surface area contributed by atoms with E-state index in [2.05, 4.69) is 45.9 Å². The van der Waals surface area contributed by atoms with Gasteiger partial charge < -0.3 is 9.47 Å². The molecule has 2 aliphatic heterocycles. The molecular weight excluding hydrogens is 568 g/mol. The Morgan fingerprint density at radius 2 is 1.22 bits per heavy atom. The summed E-state index contributed by atoms with van der Waals surface area (Å²) < 4.78 is 12.1. The average Bonchev–Trinajstić information content (AvgIpc) is 3.39. The third kappa shape index (κ3) is 6.56. The maximum atomic E-state index is 13.6. The van der Waals surface area contributed by atoms with Gasteiger partial charge in [0.2, 0.25) is 23.6 Å². The molecule has 0 bridgehead atoms. The highest BCUT2D eigenvalue weighted by atomic mass is 16.5. The van der Waals surface area contributed by atoms with Crippen LogP contribution in [0.15, 0.2) is 48.0 Å². The Labute approximate surface area is 266 Å². The van der Waals surface area contributed by atoms with Gasteiger partial charge in [0.05, 0.1) is 30.8 Å². The smallest absolute Gasteiger partial charge is 0.237 e. The molecule has 45 heavy (non-hydrogen) atoms. The Morgan fingerprint density at radius 1 is 0.711 bits per heavy atom. The summed E-state index contributed by atoms with van der Waals surface area (Å²) in [5.74, 6) is -0.667. The van der Waals surface area contributed by atoms with Gasteiger partial charge in [-0.1, -0.05) is 63.6 Å². The van der Waals surface area contributed by atoms with Crippen LogP contribution >= 0.6 is 0 Å². The lowest BCUT2D eigenvalue weighted by Crippen LogP contribution is -2.37. The van der Waals surface area contributed by atoms with Crippen LogP contribution in [0, 0.1) is 37.5 Å². The lowest BCUT2D eigenvalue weighted by molar-refractivity contribution is -0.142. The van der Waals surface area contributed by atoms with Crippen LogP contribution in [0.3, 0.4) is 0 Å². The molecule has 0 aromatic heterocycles. The van der Waals surface area contributed by atoms with E-state index in [9.17, 15) is 19.2 Å². The molecule has 2 heterocycles. The van der Waals surface area contributed by atoms with E-state index in [-0.39, 0.29) is 74.1 Å². The third-order valence-corrected chi connectivity index (χ3v) is 9.53. The fraction of sp³-hybridized carbons (Fsp3) is 0.514. The number of nitrogens with zero attached hydrogens (tertiary/aromatic N) is 2. The zero-order chi connectivity index (χ0) is 32.6. The van der Waals surface area contributed by atoms with Crippen molar-refractivity contribution >= 4 is 23.6 Å². The van der Waals surface area contributed by atoms with Crippen LogP contribution in [0.25, 0.3) is 0 Å². The van der Waals surface area contributed by atoms with E-state index in [4.69, 9.17) is 9.47 Å². The molecule has 2 fully saturated rings. The molecule has 3 aliphatic rings. The SMILES string of the molecule is CC1=CC(C2CC(=O)N(CCOc3cc(C)ccc3C(C)C)C2=O)CC2C(=O)N(CCOc3cc(C)ccc3C(C)C)C(=O)C12. The van der Waals surface area contributed by atoms with Gasteiger partial charge in [0.25, 0.3) is 0 Å². The number of hydrogen-bond acceptors (Lipinski definition) is 6. The van der Waals surface area contributed by atoms with E-state index in [1.165, 1.54) is 9.80 Å². The molecule has 4 amide bonds. The highest BCUT2D eigenvalue weighted by Gasteiger charge is 2.53. The second-order valence-electron chi connectivity index (χ2n) is 13.5. The fourth-order valence-corrected chi connectivity index (χ4v) is 7.10. The summed E-state index contributed by atoms with van der Waals surface area (Å²) in [4.78, 5) is 56.1. The number of aryl methyl sites for hydroxylation is 2. The van der Waals surface area contributed by atoms with Crippen molar-refractivity contribution < 1.29 is 28.7 Å². The van der Waals surface area contributed by atoms with Crippen LogP contribution in [0.4, 0.5) is 0 Å².